The lowest BCUT2D eigenvalue weighted by atomic mass is 9.95. The molecule has 4 heteroatoms. The fourth-order valence-corrected chi connectivity index (χ4v) is 2.66. The molecule has 1 amide bonds. The fraction of sp³-hybridized carbons (Fsp3) is 0.588. The van der Waals surface area contributed by atoms with Crippen molar-refractivity contribution in [3.05, 3.63) is 34.9 Å². The number of nitrogens with zero attached hydrogens (tertiary/aromatic N) is 1. The van der Waals surface area contributed by atoms with Crippen molar-refractivity contribution in [2.75, 3.05) is 19.6 Å². The predicted octanol–water partition coefficient (Wildman–Crippen LogP) is 3.18. The highest BCUT2D eigenvalue weighted by Gasteiger charge is 2.32. The van der Waals surface area contributed by atoms with E-state index in [9.17, 15) is 4.79 Å². The molecular weight excluding hydrogens is 264 g/mol. The first-order valence-electron chi connectivity index (χ1n) is 7.56. The lowest BCUT2D eigenvalue weighted by Gasteiger charge is -2.38. The van der Waals surface area contributed by atoms with E-state index >= 15 is 0 Å². The van der Waals surface area contributed by atoms with E-state index in [1.54, 1.807) is 0 Å². The van der Waals surface area contributed by atoms with E-state index in [0.29, 0.717) is 6.54 Å². The van der Waals surface area contributed by atoms with E-state index in [-0.39, 0.29) is 12.1 Å². The Balaban J connectivity index is 2.27. The first kappa shape index (κ1) is 15.8. The van der Waals surface area contributed by atoms with Gasteiger partial charge in [-0.25, -0.2) is 4.79 Å². The molecule has 0 bridgehead atoms. The van der Waals surface area contributed by atoms with Gasteiger partial charge in [0.05, 0.1) is 6.04 Å². The van der Waals surface area contributed by atoms with Crippen LogP contribution in [0.5, 0.6) is 0 Å². The molecule has 1 heterocycles. The SMILES string of the molecule is Cc1cccc(C2CNCCN2C(=O)OC(C)(C)C)c1C. The van der Waals surface area contributed by atoms with Gasteiger partial charge in [0.2, 0.25) is 0 Å². The van der Waals surface area contributed by atoms with E-state index < -0.39 is 5.60 Å². The molecule has 1 aromatic rings. The second-order valence-electron chi connectivity index (χ2n) is 6.68. The first-order chi connectivity index (χ1) is 9.79. The van der Waals surface area contributed by atoms with E-state index in [2.05, 4.69) is 37.4 Å². The monoisotopic (exact) mass is 290 g/mol. The largest absolute Gasteiger partial charge is 0.444 e. The van der Waals surface area contributed by atoms with Crippen LogP contribution in [0.1, 0.15) is 43.5 Å². The molecule has 0 aliphatic carbocycles. The predicted molar refractivity (Wildman–Crippen MR) is 84.5 cm³/mol. The Morgan fingerprint density at radius 3 is 2.71 bits per heavy atom. The van der Waals surface area contributed by atoms with Gasteiger partial charge in [-0.15, -0.1) is 0 Å². The van der Waals surface area contributed by atoms with Gasteiger partial charge in [-0.05, 0) is 51.3 Å². The maximum absolute atomic E-state index is 12.5. The van der Waals surface area contributed by atoms with Gasteiger partial charge in [0.15, 0.2) is 0 Å². The van der Waals surface area contributed by atoms with Crippen LogP contribution in [0.2, 0.25) is 0 Å². The maximum atomic E-state index is 12.5. The first-order valence-corrected chi connectivity index (χ1v) is 7.56. The highest BCUT2D eigenvalue weighted by molar-refractivity contribution is 5.69. The van der Waals surface area contributed by atoms with Crippen molar-refractivity contribution in [2.45, 2.75) is 46.3 Å². The van der Waals surface area contributed by atoms with E-state index in [1.165, 1.54) is 16.7 Å². The summed E-state index contributed by atoms with van der Waals surface area (Å²) >= 11 is 0. The zero-order valence-corrected chi connectivity index (χ0v) is 13.7. The third-order valence-electron chi connectivity index (χ3n) is 3.88. The third kappa shape index (κ3) is 3.76. The average Bonchev–Trinajstić information content (AvgIpc) is 2.40. The molecule has 1 aromatic carbocycles. The molecule has 1 saturated heterocycles. The van der Waals surface area contributed by atoms with Crippen LogP contribution in [0.15, 0.2) is 18.2 Å². The molecule has 0 spiro atoms. The number of nitrogens with one attached hydrogen (secondary N) is 1. The van der Waals surface area contributed by atoms with Gasteiger partial charge in [0.25, 0.3) is 0 Å². The zero-order valence-electron chi connectivity index (χ0n) is 13.7. The summed E-state index contributed by atoms with van der Waals surface area (Å²) in [6, 6.07) is 6.30. The molecule has 1 aliphatic heterocycles. The minimum absolute atomic E-state index is 0.0356. The summed E-state index contributed by atoms with van der Waals surface area (Å²) in [5, 5.41) is 3.38. The normalized spacial score (nSPS) is 19.5. The van der Waals surface area contributed by atoms with E-state index in [4.69, 9.17) is 4.74 Å². The molecule has 21 heavy (non-hydrogen) atoms. The van der Waals surface area contributed by atoms with Crippen LogP contribution in [0.25, 0.3) is 0 Å². The zero-order chi connectivity index (χ0) is 15.6. The Morgan fingerprint density at radius 2 is 2.05 bits per heavy atom. The Kier molecular flexibility index (Phi) is 4.57. The van der Waals surface area contributed by atoms with Gasteiger partial charge >= 0.3 is 6.09 Å². The van der Waals surface area contributed by atoms with Crippen molar-refractivity contribution >= 4 is 6.09 Å². The summed E-state index contributed by atoms with van der Waals surface area (Å²) in [5.41, 5.74) is 3.24. The number of benzene rings is 1. The lowest BCUT2D eigenvalue weighted by molar-refractivity contribution is 0.0117. The maximum Gasteiger partial charge on any atom is 0.410 e. The molecule has 4 nitrogen and oxygen atoms in total. The Morgan fingerprint density at radius 1 is 1.33 bits per heavy atom. The number of hydrogen-bond acceptors (Lipinski definition) is 3. The van der Waals surface area contributed by atoms with E-state index in [0.717, 1.165) is 13.1 Å². The van der Waals surface area contributed by atoms with Crippen molar-refractivity contribution in [1.29, 1.82) is 0 Å². The second-order valence-corrected chi connectivity index (χ2v) is 6.68. The van der Waals surface area contributed by atoms with Crippen molar-refractivity contribution < 1.29 is 9.53 Å². The molecule has 2 rings (SSSR count). The van der Waals surface area contributed by atoms with Gasteiger partial charge in [0.1, 0.15) is 5.60 Å². The van der Waals surface area contributed by atoms with Crippen LogP contribution in [0.3, 0.4) is 0 Å². The standard InChI is InChI=1S/C17H26N2O2/c1-12-7-6-8-14(13(12)2)15-11-18-9-10-19(15)16(20)21-17(3,4)5/h6-8,15,18H,9-11H2,1-5H3. The van der Waals surface area contributed by atoms with Gasteiger partial charge in [-0.3, -0.25) is 4.90 Å². The number of rotatable bonds is 1. The van der Waals surface area contributed by atoms with Gasteiger partial charge in [0, 0.05) is 19.6 Å². The minimum Gasteiger partial charge on any atom is -0.444 e. The number of ether oxygens (including phenoxy) is 1. The molecule has 1 atom stereocenters. The van der Waals surface area contributed by atoms with E-state index in [1.807, 2.05) is 25.7 Å². The molecule has 1 N–H and O–H groups in total. The highest BCUT2D eigenvalue weighted by Crippen LogP contribution is 2.28. The molecule has 0 radical (unpaired) electrons. The quantitative estimate of drug-likeness (QED) is 0.863. The van der Waals surface area contributed by atoms with Gasteiger partial charge in [-0.1, -0.05) is 18.2 Å². The van der Waals surface area contributed by atoms with Crippen LogP contribution in [0.4, 0.5) is 4.79 Å². The van der Waals surface area contributed by atoms with Crippen LogP contribution in [-0.2, 0) is 4.74 Å². The topological polar surface area (TPSA) is 41.6 Å². The number of carbonyl (C=O) groups excluding carboxylic acids is 1. The summed E-state index contributed by atoms with van der Waals surface area (Å²) < 4.78 is 5.56. The second kappa shape index (κ2) is 6.06. The molecule has 0 saturated carbocycles. The fourth-order valence-electron chi connectivity index (χ4n) is 2.66. The van der Waals surface area contributed by atoms with Crippen LogP contribution in [-0.4, -0.2) is 36.2 Å². The minimum atomic E-state index is -0.464. The summed E-state index contributed by atoms with van der Waals surface area (Å²) in [6.45, 7) is 12.2. The molecule has 1 unspecified atom stereocenters. The average molecular weight is 290 g/mol. The summed E-state index contributed by atoms with van der Waals surface area (Å²) in [4.78, 5) is 14.3. The van der Waals surface area contributed by atoms with Crippen LogP contribution < -0.4 is 5.32 Å². The highest BCUT2D eigenvalue weighted by atomic mass is 16.6. The number of carbonyl (C=O) groups is 1. The lowest BCUT2D eigenvalue weighted by Crippen LogP contribution is -2.50. The van der Waals surface area contributed by atoms with Gasteiger partial charge < -0.3 is 10.1 Å². The number of aryl methyl sites for hydroxylation is 1. The molecular formula is C17H26N2O2. The molecule has 0 aromatic heterocycles. The van der Waals surface area contributed by atoms with Crippen LogP contribution in [0, 0.1) is 13.8 Å². The van der Waals surface area contributed by atoms with Crippen molar-refractivity contribution in [3.8, 4) is 0 Å². The van der Waals surface area contributed by atoms with Crippen LogP contribution >= 0.6 is 0 Å². The van der Waals surface area contributed by atoms with Gasteiger partial charge in [-0.2, -0.15) is 0 Å². The Labute approximate surface area is 127 Å². The van der Waals surface area contributed by atoms with Crippen molar-refractivity contribution in [1.82, 2.24) is 10.2 Å². The summed E-state index contributed by atoms with van der Waals surface area (Å²) in [7, 11) is 0. The summed E-state index contributed by atoms with van der Waals surface area (Å²) in [5.74, 6) is 0. The third-order valence-corrected chi connectivity index (χ3v) is 3.88. The number of amides is 1. The van der Waals surface area contributed by atoms with Crippen molar-refractivity contribution in [2.24, 2.45) is 0 Å². The molecule has 1 aliphatic rings. The Hall–Kier alpha value is -1.55. The summed E-state index contributed by atoms with van der Waals surface area (Å²) in [6.07, 6.45) is -0.227. The number of hydrogen-bond donors (Lipinski definition) is 1. The number of piperazine rings is 1. The smallest absolute Gasteiger partial charge is 0.410 e. The molecule has 116 valence electrons. The Bertz CT molecular complexity index is 520. The van der Waals surface area contributed by atoms with Crippen molar-refractivity contribution in [3.63, 3.8) is 0 Å². The molecule has 1 fully saturated rings.